The predicted octanol–water partition coefficient (Wildman–Crippen LogP) is 2.80. The van der Waals surface area contributed by atoms with Crippen molar-refractivity contribution in [2.75, 3.05) is 7.11 Å². The Morgan fingerprint density at radius 2 is 2.06 bits per heavy atom. The molecule has 1 saturated carbocycles. The fraction of sp³-hybridized carbons (Fsp3) is 0.455. The van der Waals surface area contributed by atoms with Crippen LogP contribution in [0.3, 0.4) is 0 Å². The number of methoxy groups -OCH3 is 1. The number of nitrogens with one attached hydrogen (secondary N) is 1. The molecule has 2 aliphatic rings. The van der Waals surface area contributed by atoms with Crippen LogP contribution in [0.1, 0.15) is 59.1 Å². The van der Waals surface area contributed by atoms with Gasteiger partial charge >= 0.3 is 5.97 Å². The molecule has 4 rings (SSSR count). The van der Waals surface area contributed by atoms with Crippen molar-refractivity contribution in [1.82, 2.24) is 19.8 Å². The number of carbonyl (C=O) groups is 3. The molecule has 9 heteroatoms. The fourth-order valence-electron chi connectivity index (χ4n) is 4.41. The Morgan fingerprint density at radius 3 is 2.74 bits per heavy atom. The highest BCUT2D eigenvalue weighted by atomic mass is 35.5. The quantitative estimate of drug-likeness (QED) is 0.716. The van der Waals surface area contributed by atoms with Gasteiger partial charge in [0, 0.05) is 17.6 Å². The molecule has 0 unspecified atom stereocenters. The van der Waals surface area contributed by atoms with Gasteiger partial charge in [0.05, 0.1) is 20.0 Å². The lowest BCUT2D eigenvalue weighted by Crippen LogP contribution is -2.64. The number of benzene rings is 1. The van der Waals surface area contributed by atoms with Gasteiger partial charge in [-0.3, -0.25) is 9.59 Å². The topological polar surface area (TPSA) is 93.5 Å². The molecule has 2 aromatic rings. The summed E-state index contributed by atoms with van der Waals surface area (Å²) in [4.78, 5) is 44.8. The maximum Gasteiger partial charge on any atom is 0.359 e. The van der Waals surface area contributed by atoms with E-state index >= 15 is 0 Å². The minimum Gasteiger partial charge on any atom is -0.464 e. The van der Waals surface area contributed by atoms with E-state index in [1.807, 2.05) is 6.07 Å². The van der Waals surface area contributed by atoms with Crippen LogP contribution in [-0.4, -0.2) is 50.9 Å². The monoisotopic (exact) mass is 444 g/mol. The van der Waals surface area contributed by atoms with E-state index in [9.17, 15) is 14.4 Å². The number of hydrogen-bond acceptors (Lipinski definition) is 5. The normalized spacial score (nSPS) is 21.1. The molecule has 1 aliphatic carbocycles. The molecular formula is C22H25ClN4O4. The molecule has 0 radical (unpaired) electrons. The summed E-state index contributed by atoms with van der Waals surface area (Å²) in [7, 11) is 1.24. The van der Waals surface area contributed by atoms with Gasteiger partial charge in [-0.05, 0) is 37.5 Å². The Bertz CT molecular complexity index is 1030. The van der Waals surface area contributed by atoms with Crippen molar-refractivity contribution in [2.45, 2.75) is 57.3 Å². The zero-order chi connectivity index (χ0) is 22.2. The van der Waals surface area contributed by atoms with E-state index < -0.39 is 17.4 Å². The van der Waals surface area contributed by atoms with E-state index in [-0.39, 0.29) is 36.4 Å². The van der Waals surface area contributed by atoms with Crippen LogP contribution in [0.25, 0.3) is 0 Å². The number of imidazole rings is 1. The van der Waals surface area contributed by atoms with Gasteiger partial charge in [0.15, 0.2) is 5.69 Å². The summed E-state index contributed by atoms with van der Waals surface area (Å²) in [6, 6.07) is 7.27. The first-order valence-electron chi connectivity index (χ1n) is 10.3. The molecule has 1 atom stereocenters. The van der Waals surface area contributed by atoms with Crippen molar-refractivity contribution >= 4 is 29.4 Å². The lowest BCUT2D eigenvalue weighted by atomic mass is 9.93. The molecule has 0 spiro atoms. The third-order valence-electron chi connectivity index (χ3n) is 6.15. The molecule has 0 bridgehead atoms. The van der Waals surface area contributed by atoms with Crippen LogP contribution in [0, 0.1) is 0 Å². The van der Waals surface area contributed by atoms with Gasteiger partial charge in [0.1, 0.15) is 11.2 Å². The number of ether oxygens (including phenoxy) is 1. The highest BCUT2D eigenvalue weighted by Crippen LogP contribution is 2.32. The maximum atomic E-state index is 13.6. The van der Waals surface area contributed by atoms with Crippen molar-refractivity contribution in [3.8, 4) is 0 Å². The summed E-state index contributed by atoms with van der Waals surface area (Å²) < 4.78 is 6.35. The number of rotatable bonds is 5. The standard InChI is InChI=1S/C22H25ClN4O4/c1-22(21(30)25-16-8-3-4-9-16)12-26-13-24-17(20(29)31-2)18(26)19(28)27(22)11-14-6-5-7-15(23)10-14/h5-7,10,13,16H,3-4,8-9,11-12H2,1-2H3,(H,25,30)/t22-/m1/s1. The van der Waals surface area contributed by atoms with Gasteiger partial charge < -0.3 is 19.5 Å². The Morgan fingerprint density at radius 1 is 1.32 bits per heavy atom. The average molecular weight is 445 g/mol. The minimum absolute atomic E-state index is 0.0538. The number of fused-ring (bicyclic) bond motifs is 1. The molecule has 2 amide bonds. The van der Waals surface area contributed by atoms with Gasteiger partial charge in [-0.2, -0.15) is 0 Å². The highest BCUT2D eigenvalue weighted by molar-refractivity contribution is 6.30. The summed E-state index contributed by atoms with van der Waals surface area (Å²) in [5, 5.41) is 3.67. The Kier molecular flexibility index (Phi) is 5.75. The first kappa shape index (κ1) is 21.4. The van der Waals surface area contributed by atoms with Gasteiger partial charge in [-0.25, -0.2) is 9.78 Å². The number of carbonyl (C=O) groups excluding carboxylic acids is 3. The van der Waals surface area contributed by atoms with Crippen molar-refractivity contribution in [2.24, 2.45) is 0 Å². The third kappa shape index (κ3) is 3.92. The van der Waals surface area contributed by atoms with Crippen LogP contribution in [0.4, 0.5) is 0 Å². The molecule has 1 fully saturated rings. The molecule has 1 N–H and O–H groups in total. The van der Waals surface area contributed by atoms with Crippen molar-refractivity contribution in [1.29, 1.82) is 0 Å². The number of hydrogen-bond donors (Lipinski definition) is 1. The first-order valence-corrected chi connectivity index (χ1v) is 10.7. The lowest BCUT2D eigenvalue weighted by molar-refractivity contribution is -0.134. The van der Waals surface area contributed by atoms with E-state index in [0.717, 1.165) is 31.2 Å². The van der Waals surface area contributed by atoms with Crippen LogP contribution < -0.4 is 5.32 Å². The zero-order valence-electron chi connectivity index (χ0n) is 17.6. The number of aromatic nitrogens is 2. The second-order valence-corrected chi connectivity index (χ2v) is 8.75. The molecule has 1 aromatic heterocycles. The zero-order valence-corrected chi connectivity index (χ0v) is 18.3. The Balaban J connectivity index is 1.73. The molecule has 31 heavy (non-hydrogen) atoms. The Labute approximate surface area is 185 Å². The van der Waals surface area contributed by atoms with Crippen LogP contribution in [0.2, 0.25) is 5.02 Å². The van der Waals surface area contributed by atoms with Gasteiger partial charge in [-0.1, -0.05) is 36.6 Å². The van der Waals surface area contributed by atoms with E-state index in [1.165, 1.54) is 18.3 Å². The van der Waals surface area contributed by atoms with Crippen LogP contribution in [0.15, 0.2) is 30.6 Å². The summed E-state index contributed by atoms with van der Waals surface area (Å²) in [6.45, 7) is 2.09. The number of nitrogens with zero attached hydrogens (tertiary/aromatic N) is 3. The molecule has 164 valence electrons. The number of esters is 1. The van der Waals surface area contributed by atoms with Gasteiger partial charge in [0.25, 0.3) is 5.91 Å². The molecule has 2 heterocycles. The smallest absolute Gasteiger partial charge is 0.359 e. The van der Waals surface area contributed by atoms with Crippen molar-refractivity contribution < 1.29 is 19.1 Å². The van der Waals surface area contributed by atoms with Crippen LogP contribution in [0.5, 0.6) is 0 Å². The Hall–Kier alpha value is -2.87. The van der Waals surface area contributed by atoms with Crippen molar-refractivity contribution in [3.63, 3.8) is 0 Å². The lowest BCUT2D eigenvalue weighted by Gasteiger charge is -2.44. The molecule has 8 nitrogen and oxygen atoms in total. The molecule has 1 aliphatic heterocycles. The molecule has 0 saturated heterocycles. The van der Waals surface area contributed by atoms with E-state index in [1.54, 1.807) is 29.7 Å². The molecular weight excluding hydrogens is 420 g/mol. The highest BCUT2D eigenvalue weighted by Gasteiger charge is 2.49. The minimum atomic E-state index is -1.16. The van der Waals surface area contributed by atoms with Gasteiger partial charge in [-0.15, -0.1) is 0 Å². The molecule has 1 aromatic carbocycles. The summed E-state index contributed by atoms with van der Waals surface area (Å²) in [5.41, 5.74) is -0.307. The van der Waals surface area contributed by atoms with Crippen LogP contribution >= 0.6 is 11.6 Å². The van der Waals surface area contributed by atoms with Crippen LogP contribution in [-0.2, 0) is 22.6 Å². The fourth-order valence-corrected chi connectivity index (χ4v) is 4.62. The number of amides is 2. The van der Waals surface area contributed by atoms with E-state index in [0.29, 0.717) is 5.02 Å². The summed E-state index contributed by atoms with van der Waals surface area (Å²) in [6.07, 6.45) is 5.46. The van der Waals surface area contributed by atoms with Crippen molar-refractivity contribution in [3.05, 3.63) is 52.6 Å². The summed E-state index contributed by atoms with van der Waals surface area (Å²) in [5.74, 6) is -1.36. The second-order valence-electron chi connectivity index (χ2n) is 8.31. The first-order chi connectivity index (χ1) is 14.8. The number of halogens is 1. The SMILES string of the molecule is COC(=O)c1ncn2c1C(=O)N(Cc1cccc(Cl)c1)[C@@](C)(C(=O)NC1CCCC1)C2. The van der Waals surface area contributed by atoms with E-state index in [4.69, 9.17) is 16.3 Å². The van der Waals surface area contributed by atoms with E-state index in [2.05, 4.69) is 10.3 Å². The maximum absolute atomic E-state index is 13.6. The average Bonchev–Trinajstić information content (AvgIpc) is 3.40. The second kappa shape index (κ2) is 8.34. The largest absolute Gasteiger partial charge is 0.464 e. The predicted molar refractivity (Wildman–Crippen MR) is 114 cm³/mol. The third-order valence-corrected chi connectivity index (χ3v) is 6.38. The summed E-state index contributed by atoms with van der Waals surface area (Å²) >= 11 is 6.14. The van der Waals surface area contributed by atoms with Gasteiger partial charge in [0.2, 0.25) is 5.91 Å².